The molecular weight excluding hydrogens is 408 g/mol. The first-order chi connectivity index (χ1) is 16.1. The highest BCUT2D eigenvalue weighted by atomic mass is 16.5. The molecule has 0 aliphatic rings. The summed E-state index contributed by atoms with van der Waals surface area (Å²) in [5, 5.41) is 0. The van der Waals surface area contributed by atoms with Gasteiger partial charge in [0, 0.05) is 18.0 Å². The lowest BCUT2D eigenvalue weighted by molar-refractivity contribution is -0.139. The number of benzene rings is 1. The van der Waals surface area contributed by atoms with E-state index >= 15 is 0 Å². The molecule has 1 N–H and O–H groups in total. The van der Waals surface area contributed by atoms with Crippen molar-refractivity contribution >= 4 is 18.1 Å². The maximum absolute atomic E-state index is 11.1. The first-order valence-electron chi connectivity index (χ1n) is 12.2. The van der Waals surface area contributed by atoms with Crippen LogP contribution < -0.4 is 0 Å². The zero-order valence-electron chi connectivity index (χ0n) is 20.9. The summed E-state index contributed by atoms with van der Waals surface area (Å²) in [7, 11) is 0. The first kappa shape index (κ1) is 30.1. The van der Waals surface area contributed by atoms with E-state index in [1.165, 1.54) is 57.8 Å². The van der Waals surface area contributed by atoms with Crippen LogP contribution in [0.2, 0.25) is 0 Å². The van der Waals surface area contributed by atoms with Gasteiger partial charge in [0.2, 0.25) is 0 Å². The van der Waals surface area contributed by atoms with Crippen LogP contribution >= 0.6 is 0 Å². The molecule has 2 aromatic rings. The third-order valence-electron chi connectivity index (χ3n) is 4.92. The van der Waals surface area contributed by atoms with Crippen molar-refractivity contribution < 1.29 is 9.53 Å². The maximum atomic E-state index is 11.1. The van der Waals surface area contributed by atoms with Crippen molar-refractivity contribution in [3.63, 3.8) is 0 Å². The van der Waals surface area contributed by atoms with Crippen molar-refractivity contribution in [1.29, 1.82) is 0 Å². The van der Waals surface area contributed by atoms with Crippen LogP contribution in [-0.2, 0) is 9.53 Å². The minimum absolute atomic E-state index is 0.258. The Hall–Kier alpha value is -2.88. The average Bonchev–Trinajstić information content (AvgIpc) is 3.43. The third-order valence-corrected chi connectivity index (χ3v) is 4.92. The van der Waals surface area contributed by atoms with Crippen LogP contribution in [0.5, 0.6) is 0 Å². The lowest BCUT2D eigenvalue weighted by Gasteiger charge is -2.04. The molecule has 0 spiro atoms. The van der Waals surface area contributed by atoms with E-state index in [1.807, 2.05) is 36.4 Å². The van der Waals surface area contributed by atoms with Crippen LogP contribution in [0.3, 0.4) is 0 Å². The molecule has 0 unspecified atom stereocenters. The normalized spacial score (nSPS) is 9.52. The Morgan fingerprint density at radius 1 is 0.939 bits per heavy atom. The van der Waals surface area contributed by atoms with Crippen LogP contribution in [-0.4, -0.2) is 22.5 Å². The number of aromatic nitrogens is 2. The summed E-state index contributed by atoms with van der Waals surface area (Å²) in [5.74, 6) is -0.258. The van der Waals surface area contributed by atoms with Crippen LogP contribution in [0.15, 0.2) is 68.3 Å². The van der Waals surface area contributed by atoms with E-state index in [0.717, 1.165) is 17.5 Å². The predicted octanol–water partition coefficient (Wildman–Crippen LogP) is 8.41. The highest BCUT2D eigenvalue weighted by molar-refractivity contribution is 5.86. The molecule has 1 heterocycles. The second kappa shape index (κ2) is 22.3. The second-order valence-corrected chi connectivity index (χ2v) is 7.90. The van der Waals surface area contributed by atoms with Crippen molar-refractivity contribution in [1.82, 2.24) is 9.97 Å². The Labute approximate surface area is 201 Å². The molecule has 0 atom stereocenters. The Balaban J connectivity index is 0.000000559. The van der Waals surface area contributed by atoms with Crippen molar-refractivity contribution in [2.75, 3.05) is 6.61 Å². The number of esters is 1. The minimum Gasteiger partial charge on any atom is -0.462 e. The van der Waals surface area contributed by atoms with Gasteiger partial charge in [-0.15, -0.1) is 0 Å². The minimum atomic E-state index is -0.258. The van der Waals surface area contributed by atoms with Gasteiger partial charge in [-0.1, -0.05) is 121 Å². The number of nitrogens with zero attached hydrogens (tertiary/aromatic N) is 1. The average molecular weight is 453 g/mol. The molecule has 33 heavy (non-hydrogen) atoms. The monoisotopic (exact) mass is 452 g/mol. The van der Waals surface area contributed by atoms with E-state index in [9.17, 15) is 4.79 Å². The highest BCUT2D eigenvalue weighted by Crippen LogP contribution is 2.11. The number of unbranched alkanes of at least 4 members (excludes halogenated alkanes) is 9. The van der Waals surface area contributed by atoms with Crippen LogP contribution in [0.1, 0.15) is 89.2 Å². The number of hydrogen-bond acceptors (Lipinski definition) is 3. The fourth-order valence-corrected chi connectivity index (χ4v) is 2.98. The van der Waals surface area contributed by atoms with E-state index < -0.39 is 0 Å². The van der Waals surface area contributed by atoms with Crippen LogP contribution in [0.4, 0.5) is 0 Å². The number of ether oxygens (including phenoxy) is 1. The highest BCUT2D eigenvalue weighted by Gasteiger charge is 2.01. The van der Waals surface area contributed by atoms with Gasteiger partial charge in [0.05, 0.1) is 12.9 Å². The second-order valence-electron chi connectivity index (χ2n) is 7.90. The maximum Gasteiger partial charge on any atom is 0.333 e. The number of carbonyl (C=O) groups excluding carboxylic acids is 1. The van der Waals surface area contributed by atoms with E-state index in [1.54, 1.807) is 25.6 Å². The van der Waals surface area contributed by atoms with E-state index in [4.69, 9.17) is 4.74 Å². The van der Waals surface area contributed by atoms with Crippen LogP contribution in [0.25, 0.3) is 12.2 Å². The third kappa shape index (κ3) is 18.4. The Bertz CT molecular complexity index is 707. The molecule has 0 saturated heterocycles. The van der Waals surface area contributed by atoms with Gasteiger partial charge in [-0.2, -0.15) is 0 Å². The number of carbonyl (C=O) groups is 1. The van der Waals surface area contributed by atoms with Crippen molar-refractivity contribution in [3.05, 3.63) is 79.4 Å². The molecule has 0 radical (unpaired) electrons. The van der Waals surface area contributed by atoms with E-state index in [-0.39, 0.29) is 5.97 Å². The van der Waals surface area contributed by atoms with Gasteiger partial charge in [-0.3, -0.25) is 0 Å². The molecule has 0 amide bonds. The summed E-state index contributed by atoms with van der Waals surface area (Å²) in [6, 6.07) is 8.02. The fourth-order valence-electron chi connectivity index (χ4n) is 2.98. The molecule has 0 bridgehead atoms. The molecule has 4 nitrogen and oxygen atoms in total. The van der Waals surface area contributed by atoms with Crippen molar-refractivity contribution in [2.45, 2.75) is 78.1 Å². The SMILES string of the molecule is C=C(C)C(=O)OCCCCCCCCCCCC.C=Cc1ccccc1C=C.c1c[nH]cn1. The molecule has 0 aliphatic heterocycles. The fraction of sp³-hybridized carbons (Fsp3) is 0.448. The van der Waals surface area contributed by atoms with Gasteiger partial charge >= 0.3 is 5.97 Å². The number of aromatic amines is 1. The molecule has 1 aromatic heterocycles. The molecule has 1 aromatic carbocycles. The first-order valence-corrected chi connectivity index (χ1v) is 12.2. The van der Waals surface area contributed by atoms with Gasteiger partial charge in [-0.05, 0) is 24.5 Å². The zero-order chi connectivity index (χ0) is 24.6. The Kier molecular flexibility index (Phi) is 20.4. The molecular formula is C29H44N2O2. The lowest BCUT2D eigenvalue weighted by Crippen LogP contribution is -2.05. The number of rotatable bonds is 14. The number of H-pyrrole nitrogens is 1. The molecule has 0 aliphatic carbocycles. The summed E-state index contributed by atoms with van der Waals surface area (Å²) in [6.45, 7) is 15.4. The molecule has 4 heteroatoms. The number of nitrogens with one attached hydrogen (secondary N) is 1. The van der Waals surface area contributed by atoms with Gasteiger partial charge in [-0.25, -0.2) is 9.78 Å². The Morgan fingerprint density at radius 2 is 1.45 bits per heavy atom. The van der Waals surface area contributed by atoms with Gasteiger partial charge in [0.15, 0.2) is 0 Å². The lowest BCUT2D eigenvalue weighted by atomic mass is 10.1. The number of imidazole rings is 1. The topological polar surface area (TPSA) is 55.0 Å². The quantitative estimate of drug-likeness (QED) is 0.178. The zero-order valence-corrected chi connectivity index (χ0v) is 20.9. The standard InChI is InChI=1S/C16H30O2.C10H10.C3H4N2/c1-4-5-6-7-8-9-10-11-12-13-14-18-16(17)15(2)3;1-3-9-7-5-6-8-10(9)4-2;1-2-5-3-4-1/h2,4-14H2,1,3H3;3-8H,1-2H2;1-3H,(H,4,5). The van der Waals surface area contributed by atoms with Crippen molar-refractivity contribution in [2.24, 2.45) is 0 Å². The summed E-state index contributed by atoms with van der Waals surface area (Å²) < 4.78 is 5.04. The summed E-state index contributed by atoms with van der Waals surface area (Å²) in [5.41, 5.74) is 2.76. The van der Waals surface area contributed by atoms with Crippen LogP contribution in [0, 0.1) is 0 Å². The van der Waals surface area contributed by atoms with Gasteiger partial charge in [0.1, 0.15) is 0 Å². The van der Waals surface area contributed by atoms with Crippen molar-refractivity contribution in [3.8, 4) is 0 Å². The Morgan fingerprint density at radius 3 is 1.82 bits per heavy atom. The molecule has 0 saturated carbocycles. The molecule has 0 fully saturated rings. The van der Waals surface area contributed by atoms with Gasteiger partial charge in [0.25, 0.3) is 0 Å². The molecule has 182 valence electrons. The largest absolute Gasteiger partial charge is 0.462 e. The van der Waals surface area contributed by atoms with E-state index in [2.05, 4.69) is 36.6 Å². The van der Waals surface area contributed by atoms with Gasteiger partial charge < -0.3 is 9.72 Å². The smallest absolute Gasteiger partial charge is 0.333 e. The molecule has 2 rings (SSSR count). The summed E-state index contributed by atoms with van der Waals surface area (Å²) in [4.78, 5) is 17.5. The predicted molar refractivity (Wildman–Crippen MR) is 143 cm³/mol. The summed E-state index contributed by atoms with van der Waals surface area (Å²) in [6.07, 6.45) is 21.7. The summed E-state index contributed by atoms with van der Waals surface area (Å²) >= 11 is 0. The van der Waals surface area contributed by atoms with E-state index in [0.29, 0.717) is 12.2 Å². The number of hydrogen-bond donors (Lipinski definition) is 1.